The predicted octanol–water partition coefficient (Wildman–Crippen LogP) is 3.47. The Morgan fingerprint density at radius 3 is 2.61 bits per heavy atom. The van der Waals surface area contributed by atoms with Gasteiger partial charge < -0.3 is 9.42 Å². The van der Waals surface area contributed by atoms with Crippen LogP contribution < -0.4 is 4.90 Å². The second-order valence-electron chi connectivity index (χ2n) is 6.45. The van der Waals surface area contributed by atoms with Gasteiger partial charge in [0.1, 0.15) is 0 Å². The summed E-state index contributed by atoms with van der Waals surface area (Å²) < 4.78 is 5.37. The molecule has 23 heavy (non-hydrogen) atoms. The number of rotatable bonds is 4. The maximum absolute atomic E-state index is 12.5. The third-order valence-corrected chi connectivity index (χ3v) is 4.34. The van der Waals surface area contributed by atoms with E-state index in [1.165, 1.54) is 5.56 Å². The van der Waals surface area contributed by atoms with Gasteiger partial charge in [-0.05, 0) is 38.3 Å². The minimum atomic E-state index is -0.0132. The third-order valence-electron chi connectivity index (χ3n) is 4.34. The summed E-state index contributed by atoms with van der Waals surface area (Å²) in [6.45, 7) is 8.88. The van der Waals surface area contributed by atoms with Gasteiger partial charge in [-0.3, -0.25) is 4.79 Å². The van der Waals surface area contributed by atoms with E-state index in [0.717, 1.165) is 35.5 Å². The van der Waals surface area contributed by atoms with E-state index in [9.17, 15) is 4.79 Å². The van der Waals surface area contributed by atoms with Gasteiger partial charge in [-0.1, -0.05) is 29.8 Å². The van der Waals surface area contributed by atoms with Gasteiger partial charge in [0, 0.05) is 25.1 Å². The van der Waals surface area contributed by atoms with E-state index in [1.807, 2.05) is 4.90 Å². The highest BCUT2D eigenvalue weighted by atomic mass is 16.5. The van der Waals surface area contributed by atoms with Crippen molar-refractivity contribution in [3.63, 3.8) is 0 Å². The maximum Gasteiger partial charge on any atom is 0.232 e. The minimum Gasteiger partial charge on any atom is -0.339 e. The van der Waals surface area contributed by atoms with Crippen LogP contribution in [0.25, 0.3) is 0 Å². The van der Waals surface area contributed by atoms with Crippen LogP contribution in [0.15, 0.2) is 16.7 Å². The predicted molar refractivity (Wildman–Crippen MR) is 88.7 cm³/mol. The quantitative estimate of drug-likeness (QED) is 0.867. The fourth-order valence-electron chi connectivity index (χ4n) is 3.45. The molecule has 3 rings (SSSR count). The van der Waals surface area contributed by atoms with E-state index in [4.69, 9.17) is 4.52 Å². The first-order chi connectivity index (χ1) is 11.0. The van der Waals surface area contributed by atoms with Gasteiger partial charge in [-0.15, -0.1) is 0 Å². The van der Waals surface area contributed by atoms with Crippen LogP contribution in [0.2, 0.25) is 0 Å². The number of aromatic nitrogens is 2. The molecule has 1 unspecified atom stereocenters. The highest BCUT2D eigenvalue weighted by Crippen LogP contribution is 2.35. The highest BCUT2D eigenvalue weighted by molar-refractivity contribution is 5.97. The van der Waals surface area contributed by atoms with Crippen LogP contribution >= 0.6 is 0 Å². The van der Waals surface area contributed by atoms with Crippen molar-refractivity contribution in [2.75, 3.05) is 11.4 Å². The summed E-state index contributed by atoms with van der Waals surface area (Å²) >= 11 is 0. The molecule has 2 aromatic rings. The standard InChI is InChI=1S/C18H23N3O2/c1-5-6-15-19-18(23-20-15)14-9-16(22)21(10-14)17-12(3)7-11(2)8-13(17)4/h7-8,14H,5-6,9-10H2,1-4H3. The van der Waals surface area contributed by atoms with Gasteiger partial charge in [-0.25, -0.2) is 0 Å². The van der Waals surface area contributed by atoms with Crippen molar-refractivity contribution >= 4 is 11.6 Å². The van der Waals surface area contributed by atoms with Crippen molar-refractivity contribution in [2.45, 2.75) is 52.9 Å². The van der Waals surface area contributed by atoms with Crippen LogP contribution in [0.5, 0.6) is 0 Å². The molecule has 0 bridgehead atoms. The number of anilines is 1. The van der Waals surface area contributed by atoms with Gasteiger partial charge in [-0.2, -0.15) is 4.98 Å². The van der Waals surface area contributed by atoms with Gasteiger partial charge in [0.2, 0.25) is 11.8 Å². The normalized spacial score (nSPS) is 18.0. The zero-order chi connectivity index (χ0) is 16.6. The first-order valence-electron chi connectivity index (χ1n) is 8.20. The lowest BCUT2D eigenvalue weighted by molar-refractivity contribution is -0.117. The zero-order valence-corrected chi connectivity index (χ0v) is 14.2. The van der Waals surface area contributed by atoms with Gasteiger partial charge >= 0.3 is 0 Å². The summed E-state index contributed by atoms with van der Waals surface area (Å²) in [5.74, 6) is 1.43. The summed E-state index contributed by atoms with van der Waals surface area (Å²) in [6, 6.07) is 4.24. The smallest absolute Gasteiger partial charge is 0.232 e. The average molecular weight is 313 g/mol. The Bertz CT molecular complexity index is 713. The summed E-state index contributed by atoms with van der Waals surface area (Å²) in [4.78, 5) is 18.8. The number of nitrogens with zero attached hydrogens (tertiary/aromatic N) is 3. The van der Waals surface area contributed by atoms with Crippen molar-refractivity contribution in [1.29, 1.82) is 0 Å². The lowest BCUT2D eigenvalue weighted by Crippen LogP contribution is -2.26. The number of carbonyl (C=O) groups excluding carboxylic acids is 1. The van der Waals surface area contributed by atoms with Crippen molar-refractivity contribution in [3.8, 4) is 0 Å². The molecule has 1 aromatic heterocycles. The fraction of sp³-hybridized carbons (Fsp3) is 0.500. The Kier molecular flexibility index (Phi) is 4.20. The van der Waals surface area contributed by atoms with Crippen LogP contribution in [-0.2, 0) is 11.2 Å². The van der Waals surface area contributed by atoms with Crippen molar-refractivity contribution < 1.29 is 9.32 Å². The summed E-state index contributed by atoms with van der Waals surface area (Å²) in [7, 11) is 0. The highest BCUT2D eigenvalue weighted by Gasteiger charge is 2.36. The molecule has 0 radical (unpaired) electrons. The lowest BCUT2D eigenvalue weighted by Gasteiger charge is -2.21. The SMILES string of the molecule is CCCc1noc(C2CC(=O)N(c3c(C)cc(C)cc3C)C2)n1. The molecular formula is C18H23N3O2. The number of hydrogen-bond acceptors (Lipinski definition) is 4. The molecule has 5 nitrogen and oxygen atoms in total. The van der Waals surface area contributed by atoms with E-state index >= 15 is 0 Å². The molecule has 1 aliphatic rings. The summed E-state index contributed by atoms with van der Waals surface area (Å²) in [5, 5.41) is 4.00. The third kappa shape index (κ3) is 3.00. The average Bonchev–Trinajstić information content (AvgIpc) is 3.06. The van der Waals surface area contributed by atoms with Gasteiger partial charge in [0.15, 0.2) is 5.82 Å². The number of carbonyl (C=O) groups is 1. The largest absolute Gasteiger partial charge is 0.339 e. The first kappa shape index (κ1) is 15.7. The lowest BCUT2D eigenvalue weighted by atomic mass is 10.0. The number of hydrogen-bond donors (Lipinski definition) is 0. The van der Waals surface area contributed by atoms with Crippen LogP contribution in [0.4, 0.5) is 5.69 Å². The van der Waals surface area contributed by atoms with Crippen LogP contribution in [0, 0.1) is 20.8 Å². The molecule has 1 saturated heterocycles. The molecule has 0 aliphatic carbocycles. The molecule has 0 N–H and O–H groups in total. The second kappa shape index (κ2) is 6.14. The Morgan fingerprint density at radius 2 is 1.96 bits per heavy atom. The molecule has 1 fully saturated rings. The molecular weight excluding hydrogens is 290 g/mol. The zero-order valence-electron chi connectivity index (χ0n) is 14.2. The molecule has 1 atom stereocenters. The first-order valence-corrected chi connectivity index (χ1v) is 8.20. The van der Waals surface area contributed by atoms with Crippen molar-refractivity contribution in [3.05, 3.63) is 40.5 Å². The Labute approximate surface area is 136 Å². The van der Waals surface area contributed by atoms with E-state index < -0.39 is 0 Å². The molecule has 1 aromatic carbocycles. The molecule has 1 aliphatic heterocycles. The Balaban J connectivity index is 1.85. The molecule has 0 saturated carbocycles. The van der Waals surface area contributed by atoms with E-state index in [1.54, 1.807) is 0 Å². The molecule has 2 heterocycles. The minimum absolute atomic E-state index is 0.0132. The second-order valence-corrected chi connectivity index (χ2v) is 6.45. The number of amides is 1. The van der Waals surface area contributed by atoms with Crippen LogP contribution in [0.1, 0.15) is 54.1 Å². The van der Waals surface area contributed by atoms with E-state index in [-0.39, 0.29) is 11.8 Å². The number of aryl methyl sites for hydroxylation is 4. The Morgan fingerprint density at radius 1 is 1.26 bits per heavy atom. The van der Waals surface area contributed by atoms with Crippen LogP contribution in [0.3, 0.4) is 0 Å². The topological polar surface area (TPSA) is 59.2 Å². The van der Waals surface area contributed by atoms with Crippen molar-refractivity contribution in [1.82, 2.24) is 10.1 Å². The molecule has 0 spiro atoms. The summed E-state index contributed by atoms with van der Waals surface area (Å²) in [6.07, 6.45) is 2.22. The van der Waals surface area contributed by atoms with Crippen molar-refractivity contribution in [2.24, 2.45) is 0 Å². The fourth-order valence-corrected chi connectivity index (χ4v) is 3.45. The van der Waals surface area contributed by atoms with Gasteiger partial charge in [0.05, 0.1) is 5.92 Å². The molecule has 5 heteroatoms. The number of benzene rings is 1. The van der Waals surface area contributed by atoms with Crippen LogP contribution in [-0.4, -0.2) is 22.6 Å². The molecule has 122 valence electrons. The Hall–Kier alpha value is -2.17. The monoisotopic (exact) mass is 313 g/mol. The molecule has 1 amide bonds. The summed E-state index contributed by atoms with van der Waals surface area (Å²) in [5.41, 5.74) is 4.51. The van der Waals surface area contributed by atoms with E-state index in [2.05, 4.69) is 50.0 Å². The van der Waals surface area contributed by atoms with E-state index in [0.29, 0.717) is 18.9 Å². The maximum atomic E-state index is 12.5. The van der Waals surface area contributed by atoms with Gasteiger partial charge in [0.25, 0.3) is 0 Å².